The van der Waals surface area contributed by atoms with E-state index in [1.165, 1.54) is 0 Å². The molecule has 3 aromatic rings. The van der Waals surface area contributed by atoms with Crippen molar-refractivity contribution in [3.8, 4) is 0 Å². The molecule has 1 fully saturated rings. The van der Waals surface area contributed by atoms with Crippen molar-refractivity contribution in [3.63, 3.8) is 0 Å². The standard InChI is InChI=1S/C25H23NO3/c1-18-12-14-22(15-13-18)26-17-21(16-23(26)27)25(28)29-24(19-8-4-2-5-9-19)20-10-6-3-7-11-20/h2-15,21,24H,16-17H2,1H3/t21-/m0/s1. The van der Waals surface area contributed by atoms with Gasteiger partial charge in [-0.2, -0.15) is 0 Å². The molecule has 0 N–H and O–H groups in total. The van der Waals surface area contributed by atoms with E-state index in [-0.39, 0.29) is 18.3 Å². The third kappa shape index (κ3) is 4.21. The first-order valence-corrected chi connectivity index (χ1v) is 9.79. The largest absolute Gasteiger partial charge is 0.452 e. The molecular weight excluding hydrogens is 362 g/mol. The lowest BCUT2D eigenvalue weighted by Gasteiger charge is -2.21. The molecule has 146 valence electrons. The second-order valence-corrected chi connectivity index (χ2v) is 7.38. The molecule has 29 heavy (non-hydrogen) atoms. The number of nitrogens with zero attached hydrogens (tertiary/aromatic N) is 1. The van der Waals surface area contributed by atoms with E-state index in [0.717, 1.165) is 22.4 Å². The molecule has 0 bridgehead atoms. The average Bonchev–Trinajstić information content (AvgIpc) is 3.15. The number of esters is 1. The van der Waals surface area contributed by atoms with E-state index >= 15 is 0 Å². The normalized spacial score (nSPS) is 16.3. The van der Waals surface area contributed by atoms with Gasteiger partial charge >= 0.3 is 5.97 Å². The van der Waals surface area contributed by atoms with Gasteiger partial charge in [-0.3, -0.25) is 9.59 Å². The Hall–Kier alpha value is -3.40. The minimum atomic E-state index is -0.492. The van der Waals surface area contributed by atoms with E-state index in [1.54, 1.807) is 4.90 Å². The molecular formula is C25H23NO3. The van der Waals surface area contributed by atoms with Gasteiger partial charge in [0.05, 0.1) is 5.92 Å². The lowest BCUT2D eigenvalue weighted by molar-refractivity contribution is -0.152. The van der Waals surface area contributed by atoms with Gasteiger partial charge in [-0.15, -0.1) is 0 Å². The van der Waals surface area contributed by atoms with Gasteiger partial charge in [0.15, 0.2) is 6.10 Å². The summed E-state index contributed by atoms with van der Waals surface area (Å²) in [7, 11) is 0. The van der Waals surface area contributed by atoms with Crippen LogP contribution in [0.3, 0.4) is 0 Å². The number of hydrogen-bond donors (Lipinski definition) is 0. The summed E-state index contributed by atoms with van der Waals surface area (Å²) in [5, 5.41) is 0. The molecule has 1 amide bonds. The Balaban J connectivity index is 1.52. The topological polar surface area (TPSA) is 46.6 Å². The quantitative estimate of drug-likeness (QED) is 0.599. The highest BCUT2D eigenvalue weighted by Crippen LogP contribution is 2.30. The molecule has 1 heterocycles. The molecule has 4 heteroatoms. The zero-order chi connectivity index (χ0) is 20.2. The molecule has 1 saturated heterocycles. The van der Waals surface area contributed by atoms with Crippen molar-refractivity contribution < 1.29 is 14.3 Å². The molecule has 0 aromatic heterocycles. The highest BCUT2D eigenvalue weighted by Gasteiger charge is 2.37. The summed E-state index contributed by atoms with van der Waals surface area (Å²) >= 11 is 0. The van der Waals surface area contributed by atoms with Gasteiger partial charge in [0.25, 0.3) is 0 Å². The van der Waals surface area contributed by atoms with Crippen LogP contribution in [0.2, 0.25) is 0 Å². The number of benzene rings is 3. The summed E-state index contributed by atoms with van der Waals surface area (Å²) < 4.78 is 5.94. The minimum Gasteiger partial charge on any atom is -0.452 e. The van der Waals surface area contributed by atoms with Crippen LogP contribution in [0.5, 0.6) is 0 Å². The van der Waals surface area contributed by atoms with Crippen molar-refractivity contribution in [3.05, 3.63) is 102 Å². The predicted octanol–water partition coefficient (Wildman–Crippen LogP) is 4.68. The van der Waals surface area contributed by atoms with Crippen molar-refractivity contribution in [2.24, 2.45) is 5.92 Å². The molecule has 4 nitrogen and oxygen atoms in total. The van der Waals surface area contributed by atoms with Gasteiger partial charge in [0, 0.05) is 18.7 Å². The van der Waals surface area contributed by atoms with Crippen LogP contribution in [-0.2, 0) is 14.3 Å². The Morgan fingerprint density at radius 2 is 1.45 bits per heavy atom. The van der Waals surface area contributed by atoms with Crippen molar-refractivity contribution in [1.82, 2.24) is 0 Å². The molecule has 0 saturated carbocycles. The van der Waals surface area contributed by atoms with Crippen LogP contribution < -0.4 is 4.90 Å². The summed E-state index contributed by atoms with van der Waals surface area (Å²) in [6.07, 6.45) is -0.323. The summed E-state index contributed by atoms with van der Waals surface area (Å²) in [5.74, 6) is -0.865. The fraction of sp³-hybridized carbons (Fsp3) is 0.200. The molecule has 1 aliphatic rings. The van der Waals surface area contributed by atoms with Crippen LogP contribution in [0, 0.1) is 12.8 Å². The number of hydrogen-bond acceptors (Lipinski definition) is 3. The maximum Gasteiger partial charge on any atom is 0.312 e. The van der Waals surface area contributed by atoms with E-state index < -0.39 is 12.0 Å². The minimum absolute atomic E-state index is 0.0493. The van der Waals surface area contributed by atoms with Crippen LogP contribution in [0.1, 0.15) is 29.2 Å². The van der Waals surface area contributed by atoms with Crippen molar-refractivity contribution in [2.45, 2.75) is 19.4 Å². The van der Waals surface area contributed by atoms with E-state index in [1.807, 2.05) is 91.9 Å². The first-order valence-electron chi connectivity index (χ1n) is 9.79. The third-order valence-electron chi connectivity index (χ3n) is 5.24. The highest BCUT2D eigenvalue weighted by atomic mass is 16.5. The number of rotatable bonds is 5. The number of anilines is 1. The molecule has 0 spiro atoms. The van der Waals surface area contributed by atoms with Gasteiger partial charge < -0.3 is 9.64 Å². The highest BCUT2D eigenvalue weighted by molar-refractivity contribution is 5.99. The number of amides is 1. The van der Waals surface area contributed by atoms with Gasteiger partial charge in [0.1, 0.15) is 0 Å². The summed E-state index contributed by atoms with van der Waals surface area (Å²) in [6, 6.07) is 27.1. The number of aryl methyl sites for hydroxylation is 1. The number of carbonyl (C=O) groups excluding carboxylic acids is 2. The summed E-state index contributed by atoms with van der Waals surface area (Å²) in [4.78, 5) is 27.2. The third-order valence-corrected chi connectivity index (χ3v) is 5.24. The first kappa shape index (κ1) is 18.9. The Morgan fingerprint density at radius 1 is 0.897 bits per heavy atom. The van der Waals surface area contributed by atoms with Gasteiger partial charge in [0.2, 0.25) is 5.91 Å². The smallest absolute Gasteiger partial charge is 0.312 e. The molecule has 0 aliphatic carbocycles. The lowest BCUT2D eigenvalue weighted by Crippen LogP contribution is -2.27. The van der Waals surface area contributed by atoms with Crippen LogP contribution in [0.15, 0.2) is 84.9 Å². The maximum absolute atomic E-state index is 13.0. The predicted molar refractivity (Wildman–Crippen MR) is 112 cm³/mol. The van der Waals surface area contributed by atoms with E-state index in [9.17, 15) is 9.59 Å². The van der Waals surface area contributed by atoms with Crippen molar-refractivity contribution >= 4 is 17.6 Å². The van der Waals surface area contributed by atoms with Crippen LogP contribution in [0.4, 0.5) is 5.69 Å². The van der Waals surface area contributed by atoms with Crippen molar-refractivity contribution in [1.29, 1.82) is 0 Å². The SMILES string of the molecule is Cc1ccc(N2C[C@@H](C(=O)OC(c3ccccc3)c3ccccc3)CC2=O)cc1. The molecule has 0 unspecified atom stereocenters. The molecule has 3 aromatic carbocycles. The molecule has 4 rings (SSSR count). The van der Waals surface area contributed by atoms with Crippen LogP contribution in [-0.4, -0.2) is 18.4 Å². The van der Waals surface area contributed by atoms with Gasteiger partial charge in [-0.05, 0) is 30.2 Å². The van der Waals surface area contributed by atoms with Crippen LogP contribution in [0.25, 0.3) is 0 Å². The number of carbonyl (C=O) groups is 2. The Morgan fingerprint density at radius 3 is 2.00 bits per heavy atom. The molecule has 1 aliphatic heterocycles. The fourth-order valence-corrected chi connectivity index (χ4v) is 3.64. The molecule has 1 atom stereocenters. The zero-order valence-corrected chi connectivity index (χ0v) is 16.3. The van der Waals surface area contributed by atoms with E-state index in [4.69, 9.17) is 4.74 Å². The molecule has 0 radical (unpaired) electrons. The van der Waals surface area contributed by atoms with Gasteiger partial charge in [-0.1, -0.05) is 78.4 Å². The number of ether oxygens (including phenoxy) is 1. The monoisotopic (exact) mass is 385 g/mol. The second kappa shape index (κ2) is 8.31. The van der Waals surface area contributed by atoms with Gasteiger partial charge in [-0.25, -0.2) is 0 Å². The lowest BCUT2D eigenvalue weighted by atomic mass is 10.0. The fourth-order valence-electron chi connectivity index (χ4n) is 3.64. The van der Waals surface area contributed by atoms with E-state index in [0.29, 0.717) is 6.54 Å². The Bertz CT molecular complexity index is 944. The van der Waals surface area contributed by atoms with Crippen LogP contribution >= 0.6 is 0 Å². The summed E-state index contributed by atoms with van der Waals surface area (Å²) in [5.41, 5.74) is 3.77. The maximum atomic E-state index is 13.0. The second-order valence-electron chi connectivity index (χ2n) is 7.38. The summed E-state index contributed by atoms with van der Waals surface area (Å²) in [6.45, 7) is 2.35. The zero-order valence-electron chi connectivity index (χ0n) is 16.3. The Labute approximate surface area is 170 Å². The van der Waals surface area contributed by atoms with Crippen molar-refractivity contribution in [2.75, 3.05) is 11.4 Å². The Kier molecular flexibility index (Phi) is 5.43. The van der Waals surface area contributed by atoms with E-state index in [2.05, 4.69) is 0 Å². The first-order chi connectivity index (χ1) is 14.1. The average molecular weight is 385 g/mol.